The van der Waals surface area contributed by atoms with E-state index >= 15 is 0 Å². The Morgan fingerprint density at radius 1 is 1.90 bits per heavy atom. The van der Waals surface area contributed by atoms with Gasteiger partial charge in [0, 0.05) is 0 Å². The zero-order valence-electron chi connectivity index (χ0n) is 5.46. The Morgan fingerprint density at radius 3 is 2.70 bits per heavy atom. The molecule has 0 aromatic rings. The molecule has 0 unspecified atom stereocenters. The molecule has 0 aromatic heterocycles. The van der Waals surface area contributed by atoms with E-state index in [9.17, 15) is 4.79 Å². The lowest BCUT2D eigenvalue weighted by Crippen LogP contribution is -2.41. The quantitative estimate of drug-likeness (QED) is 0.520. The molecule has 3 N–H and O–H groups in total. The van der Waals surface area contributed by atoms with Gasteiger partial charge in [0.15, 0.2) is 0 Å². The number of thiocarbonyl (C=S) groups is 1. The summed E-state index contributed by atoms with van der Waals surface area (Å²) in [4.78, 5) is 10.8. The first kappa shape index (κ1) is 7.27. The standard InChI is InChI=1S/C5H8N2O2S/c1-2-3(4(6)10)7-5(8)9-2/h2-3H,1H3,(H2,6,10)(H,7,8)/t2-,3+/m1/s1. The maximum Gasteiger partial charge on any atom is 0.408 e. The van der Waals surface area contributed by atoms with Crippen LogP contribution in [0.2, 0.25) is 0 Å². The van der Waals surface area contributed by atoms with Gasteiger partial charge in [-0.25, -0.2) is 4.79 Å². The highest BCUT2D eigenvalue weighted by Gasteiger charge is 2.31. The topological polar surface area (TPSA) is 64.3 Å². The van der Waals surface area contributed by atoms with Crippen LogP contribution in [0, 0.1) is 0 Å². The van der Waals surface area contributed by atoms with Crippen molar-refractivity contribution in [3.63, 3.8) is 0 Å². The van der Waals surface area contributed by atoms with Crippen molar-refractivity contribution < 1.29 is 9.53 Å². The molecule has 0 saturated carbocycles. The number of carbonyl (C=O) groups excluding carboxylic acids is 1. The second-order valence-electron chi connectivity index (χ2n) is 2.13. The number of ether oxygens (including phenoxy) is 1. The minimum atomic E-state index is -0.453. The number of amides is 1. The lowest BCUT2D eigenvalue weighted by molar-refractivity contribution is 0.145. The Kier molecular flexibility index (Phi) is 1.76. The fourth-order valence-corrected chi connectivity index (χ4v) is 1.07. The predicted molar refractivity (Wildman–Crippen MR) is 39.7 cm³/mol. The van der Waals surface area contributed by atoms with Gasteiger partial charge in [-0.05, 0) is 6.92 Å². The van der Waals surface area contributed by atoms with E-state index in [1.165, 1.54) is 0 Å². The number of hydrogen-bond donors (Lipinski definition) is 2. The Morgan fingerprint density at radius 2 is 2.50 bits per heavy atom. The fourth-order valence-electron chi connectivity index (χ4n) is 0.818. The van der Waals surface area contributed by atoms with E-state index in [4.69, 9.17) is 10.5 Å². The third-order valence-corrected chi connectivity index (χ3v) is 1.60. The number of nitrogens with one attached hydrogen (secondary N) is 1. The molecular formula is C5H8N2O2S. The Hall–Kier alpha value is -0.840. The minimum absolute atomic E-state index is 0.245. The molecule has 1 heterocycles. The highest BCUT2D eigenvalue weighted by Crippen LogP contribution is 2.07. The fraction of sp³-hybridized carbons (Fsp3) is 0.600. The van der Waals surface area contributed by atoms with Gasteiger partial charge in [-0.2, -0.15) is 0 Å². The molecule has 1 amide bonds. The van der Waals surface area contributed by atoms with E-state index in [1.54, 1.807) is 6.92 Å². The van der Waals surface area contributed by atoms with E-state index in [-0.39, 0.29) is 17.1 Å². The second kappa shape index (κ2) is 2.42. The Balaban J connectivity index is 2.63. The summed E-state index contributed by atoms with van der Waals surface area (Å²) < 4.78 is 4.72. The average Bonchev–Trinajstić information content (AvgIpc) is 2.10. The largest absolute Gasteiger partial charge is 0.444 e. The Labute approximate surface area is 63.7 Å². The summed E-state index contributed by atoms with van der Waals surface area (Å²) >= 11 is 4.67. The van der Waals surface area contributed by atoms with Crippen LogP contribution in [0.5, 0.6) is 0 Å². The van der Waals surface area contributed by atoms with Crippen LogP contribution >= 0.6 is 12.2 Å². The van der Waals surface area contributed by atoms with Gasteiger partial charge in [0.1, 0.15) is 12.1 Å². The first-order valence-electron chi connectivity index (χ1n) is 2.87. The molecule has 0 bridgehead atoms. The number of cyclic esters (lactones) is 1. The zero-order chi connectivity index (χ0) is 7.72. The number of carbonyl (C=O) groups is 1. The number of alkyl carbamates (subject to hydrolysis) is 1. The number of rotatable bonds is 1. The molecule has 1 rings (SSSR count). The van der Waals surface area contributed by atoms with Crippen LogP contribution in [0.4, 0.5) is 4.79 Å². The van der Waals surface area contributed by atoms with E-state index in [2.05, 4.69) is 17.5 Å². The van der Waals surface area contributed by atoms with Crippen molar-refractivity contribution >= 4 is 23.3 Å². The van der Waals surface area contributed by atoms with Crippen molar-refractivity contribution in [3.8, 4) is 0 Å². The van der Waals surface area contributed by atoms with Gasteiger partial charge in [0.25, 0.3) is 0 Å². The van der Waals surface area contributed by atoms with Gasteiger partial charge in [0.05, 0.1) is 4.99 Å². The lowest BCUT2D eigenvalue weighted by Gasteiger charge is -2.08. The molecule has 10 heavy (non-hydrogen) atoms. The van der Waals surface area contributed by atoms with Gasteiger partial charge >= 0.3 is 6.09 Å². The molecule has 0 aliphatic carbocycles. The third kappa shape index (κ3) is 1.18. The van der Waals surface area contributed by atoms with Crippen molar-refractivity contribution in [2.75, 3.05) is 0 Å². The van der Waals surface area contributed by atoms with E-state index in [0.717, 1.165) is 0 Å². The summed E-state index contributed by atoms with van der Waals surface area (Å²) in [6, 6.07) is -0.303. The van der Waals surface area contributed by atoms with E-state index in [1.807, 2.05) is 0 Å². The minimum Gasteiger partial charge on any atom is -0.444 e. The van der Waals surface area contributed by atoms with E-state index < -0.39 is 6.09 Å². The average molecular weight is 160 g/mol. The molecule has 0 aromatic carbocycles. The first-order chi connectivity index (χ1) is 4.61. The maximum absolute atomic E-state index is 10.5. The van der Waals surface area contributed by atoms with Crippen molar-refractivity contribution in [2.24, 2.45) is 5.73 Å². The summed E-state index contributed by atoms with van der Waals surface area (Å²) in [5.41, 5.74) is 5.29. The number of nitrogens with two attached hydrogens (primary N) is 1. The van der Waals surface area contributed by atoms with Gasteiger partial charge in [-0.3, -0.25) is 0 Å². The van der Waals surface area contributed by atoms with Crippen LogP contribution < -0.4 is 11.1 Å². The molecule has 1 aliphatic rings. The zero-order valence-corrected chi connectivity index (χ0v) is 6.27. The van der Waals surface area contributed by atoms with Crippen molar-refractivity contribution in [2.45, 2.75) is 19.1 Å². The highest BCUT2D eigenvalue weighted by atomic mass is 32.1. The molecule has 5 heteroatoms. The first-order valence-corrected chi connectivity index (χ1v) is 3.28. The van der Waals surface area contributed by atoms with Gasteiger partial charge in [0.2, 0.25) is 0 Å². The molecule has 2 atom stereocenters. The summed E-state index contributed by atoms with van der Waals surface area (Å²) in [7, 11) is 0. The lowest BCUT2D eigenvalue weighted by atomic mass is 10.2. The van der Waals surface area contributed by atoms with Crippen LogP contribution in [0.25, 0.3) is 0 Å². The monoisotopic (exact) mass is 160 g/mol. The molecule has 1 fully saturated rings. The number of hydrogen-bond acceptors (Lipinski definition) is 3. The second-order valence-corrected chi connectivity index (χ2v) is 2.61. The van der Waals surface area contributed by atoms with Crippen LogP contribution in [0.1, 0.15) is 6.92 Å². The van der Waals surface area contributed by atoms with Crippen LogP contribution in [0.15, 0.2) is 0 Å². The van der Waals surface area contributed by atoms with Crippen LogP contribution in [0.3, 0.4) is 0 Å². The summed E-state index contributed by atoms with van der Waals surface area (Å²) in [5, 5.41) is 2.48. The third-order valence-electron chi connectivity index (χ3n) is 1.34. The van der Waals surface area contributed by atoms with E-state index in [0.29, 0.717) is 0 Å². The smallest absolute Gasteiger partial charge is 0.408 e. The molecule has 0 radical (unpaired) electrons. The van der Waals surface area contributed by atoms with Crippen molar-refractivity contribution in [1.82, 2.24) is 5.32 Å². The summed E-state index contributed by atoms with van der Waals surface area (Å²) in [6.07, 6.45) is -0.699. The summed E-state index contributed by atoms with van der Waals surface area (Å²) in [5.74, 6) is 0. The maximum atomic E-state index is 10.5. The van der Waals surface area contributed by atoms with Gasteiger partial charge in [-0.1, -0.05) is 12.2 Å². The molecule has 4 nitrogen and oxygen atoms in total. The Bertz CT molecular complexity index is 182. The van der Waals surface area contributed by atoms with Crippen LogP contribution in [-0.4, -0.2) is 23.2 Å². The van der Waals surface area contributed by atoms with Gasteiger partial charge in [-0.15, -0.1) is 0 Å². The molecule has 1 saturated heterocycles. The normalized spacial score (nSPS) is 31.1. The van der Waals surface area contributed by atoms with Crippen molar-refractivity contribution in [1.29, 1.82) is 0 Å². The molecule has 0 spiro atoms. The molecular weight excluding hydrogens is 152 g/mol. The SMILES string of the molecule is C[C@H]1OC(=O)N[C@@H]1C(N)=S. The molecule has 56 valence electrons. The highest BCUT2D eigenvalue weighted by molar-refractivity contribution is 7.80. The van der Waals surface area contributed by atoms with Gasteiger partial charge < -0.3 is 15.8 Å². The predicted octanol–water partition coefficient (Wildman–Crippen LogP) is -0.231. The summed E-state index contributed by atoms with van der Waals surface area (Å²) in [6.45, 7) is 1.74. The van der Waals surface area contributed by atoms with Crippen LogP contribution in [-0.2, 0) is 4.74 Å². The van der Waals surface area contributed by atoms with Crippen molar-refractivity contribution in [3.05, 3.63) is 0 Å². The molecule has 1 aliphatic heterocycles.